The second kappa shape index (κ2) is 6.81. The van der Waals surface area contributed by atoms with Crippen LogP contribution >= 0.6 is 11.6 Å². The van der Waals surface area contributed by atoms with Gasteiger partial charge in [-0.15, -0.1) is 0 Å². The van der Waals surface area contributed by atoms with Crippen LogP contribution in [0.25, 0.3) is 11.3 Å². The lowest BCUT2D eigenvalue weighted by Crippen LogP contribution is -2.28. The number of furan rings is 1. The van der Waals surface area contributed by atoms with E-state index in [1.54, 1.807) is 0 Å². The Bertz CT molecular complexity index is 961. The van der Waals surface area contributed by atoms with E-state index in [4.69, 9.17) is 16.0 Å². The summed E-state index contributed by atoms with van der Waals surface area (Å²) in [4.78, 5) is 12.8. The molecule has 0 spiro atoms. The Kier molecular flexibility index (Phi) is 4.35. The molecule has 0 unspecified atom stereocenters. The molecule has 1 atom stereocenters. The lowest BCUT2D eigenvalue weighted by molar-refractivity contribution is -0.119. The van der Waals surface area contributed by atoms with Crippen LogP contribution in [0.3, 0.4) is 0 Å². The van der Waals surface area contributed by atoms with Crippen LogP contribution in [0.2, 0.25) is 5.02 Å². The van der Waals surface area contributed by atoms with Crippen LogP contribution in [0.15, 0.2) is 76.2 Å². The normalized spacial score (nSPS) is 16.8. The van der Waals surface area contributed by atoms with Crippen molar-refractivity contribution < 1.29 is 9.21 Å². The van der Waals surface area contributed by atoms with Gasteiger partial charge in [-0.25, -0.2) is 5.01 Å². The summed E-state index contributed by atoms with van der Waals surface area (Å²) in [7, 11) is 0. The zero-order valence-corrected chi connectivity index (χ0v) is 15.0. The van der Waals surface area contributed by atoms with Crippen molar-refractivity contribution in [2.75, 3.05) is 5.01 Å². The molecule has 0 saturated heterocycles. The Morgan fingerprint density at radius 2 is 1.77 bits per heavy atom. The van der Waals surface area contributed by atoms with Gasteiger partial charge in [-0.2, -0.15) is 5.10 Å². The van der Waals surface area contributed by atoms with E-state index >= 15 is 0 Å². The smallest absolute Gasteiger partial charge is 0.256 e. The minimum absolute atomic E-state index is 0.0295. The number of benzene rings is 2. The van der Waals surface area contributed by atoms with E-state index in [-0.39, 0.29) is 11.8 Å². The van der Waals surface area contributed by atoms with E-state index < -0.39 is 0 Å². The van der Waals surface area contributed by atoms with E-state index in [1.165, 1.54) is 5.01 Å². The average Bonchev–Trinajstić information content (AvgIpc) is 3.23. The maximum atomic E-state index is 12.8. The van der Waals surface area contributed by atoms with Gasteiger partial charge in [0.05, 0.1) is 11.6 Å². The van der Waals surface area contributed by atoms with Gasteiger partial charge in [0.15, 0.2) is 0 Å². The van der Waals surface area contributed by atoms with E-state index in [1.807, 2.05) is 73.7 Å². The molecule has 1 aromatic heterocycles. The van der Waals surface area contributed by atoms with Crippen molar-refractivity contribution in [3.8, 4) is 11.3 Å². The summed E-state index contributed by atoms with van der Waals surface area (Å²) in [5, 5.41) is 6.60. The summed E-state index contributed by atoms with van der Waals surface area (Å²) in [5.74, 6) is 1.19. The fourth-order valence-corrected chi connectivity index (χ4v) is 3.18. The topological polar surface area (TPSA) is 45.8 Å². The minimum atomic E-state index is -0.306. The molecule has 5 heteroatoms. The Hall–Kier alpha value is -2.85. The molecule has 0 fully saturated rings. The molecule has 0 N–H and O–H groups in total. The summed E-state index contributed by atoms with van der Waals surface area (Å²) >= 11 is 5.93. The lowest BCUT2D eigenvalue weighted by Gasteiger charge is -2.13. The molecule has 0 radical (unpaired) electrons. The van der Waals surface area contributed by atoms with Crippen LogP contribution in [-0.2, 0) is 11.2 Å². The monoisotopic (exact) mass is 364 g/mol. The number of nitrogens with zero attached hydrogens (tertiary/aromatic N) is 2. The highest BCUT2D eigenvalue weighted by molar-refractivity contribution is 6.30. The van der Waals surface area contributed by atoms with Crippen molar-refractivity contribution >= 4 is 28.9 Å². The highest BCUT2D eigenvalue weighted by Gasteiger charge is 2.35. The van der Waals surface area contributed by atoms with Crippen LogP contribution in [0, 0.1) is 5.92 Å². The third kappa shape index (κ3) is 3.16. The summed E-state index contributed by atoms with van der Waals surface area (Å²) < 4.78 is 5.94. The molecular weight excluding hydrogens is 348 g/mol. The largest absolute Gasteiger partial charge is 0.461 e. The van der Waals surface area contributed by atoms with E-state index in [9.17, 15) is 4.79 Å². The van der Waals surface area contributed by atoms with Crippen LogP contribution in [0.5, 0.6) is 0 Å². The second-order valence-corrected chi connectivity index (χ2v) is 6.69. The van der Waals surface area contributed by atoms with Gasteiger partial charge in [-0.1, -0.05) is 29.8 Å². The van der Waals surface area contributed by atoms with Crippen molar-refractivity contribution in [1.82, 2.24) is 0 Å². The number of hydrogen-bond acceptors (Lipinski definition) is 3. The second-order valence-electron chi connectivity index (χ2n) is 6.26. The van der Waals surface area contributed by atoms with E-state index in [0.717, 1.165) is 28.5 Å². The summed E-state index contributed by atoms with van der Waals surface area (Å²) in [6.45, 7) is 1.88. The minimum Gasteiger partial charge on any atom is -0.461 e. The molecule has 4 rings (SSSR count). The lowest BCUT2D eigenvalue weighted by atomic mass is 9.99. The molecule has 130 valence electrons. The number of carbonyl (C=O) groups excluding carboxylic acids is 1. The Morgan fingerprint density at radius 3 is 2.50 bits per heavy atom. The third-order valence-corrected chi connectivity index (χ3v) is 4.72. The van der Waals surface area contributed by atoms with Crippen LogP contribution in [0.4, 0.5) is 5.69 Å². The van der Waals surface area contributed by atoms with Gasteiger partial charge >= 0.3 is 0 Å². The quantitative estimate of drug-likeness (QED) is 0.640. The Morgan fingerprint density at radius 1 is 1.04 bits per heavy atom. The van der Waals surface area contributed by atoms with Gasteiger partial charge in [-0.05, 0) is 55.5 Å². The average molecular weight is 365 g/mol. The maximum Gasteiger partial charge on any atom is 0.256 e. The maximum absolute atomic E-state index is 12.8. The van der Waals surface area contributed by atoms with Crippen LogP contribution < -0.4 is 5.01 Å². The molecule has 3 aromatic rings. The predicted molar refractivity (Wildman–Crippen MR) is 103 cm³/mol. The molecule has 2 heterocycles. The van der Waals surface area contributed by atoms with Crippen molar-refractivity contribution in [2.45, 2.75) is 13.3 Å². The summed E-state index contributed by atoms with van der Waals surface area (Å²) in [6.07, 6.45) is 0.491. The SMILES string of the molecule is CC1=NN(c2ccccc2)C(=O)[C@@H]1Cc1ccc(-c2ccc(Cl)cc2)o1. The van der Waals surface area contributed by atoms with Crippen molar-refractivity contribution in [1.29, 1.82) is 0 Å². The molecule has 0 bridgehead atoms. The highest BCUT2D eigenvalue weighted by atomic mass is 35.5. The first-order valence-electron chi connectivity index (χ1n) is 8.40. The van der Waals surface area contributed by atoms with E-state index in [0.29, 0.717) is 11.4 Å². The fraction of sp³-hybridized carbons (Fsp3) is 0.143. The van der Waals surface area contributed by atoms with Crippen LogP contribution in [0.1, 0.15) is 12.7 Å². The van der Waals surface area contributed by atoms with Gasteiger partial charge in [0.2, 0.25) is 0 Å². The molecule has 0 saturated carbocycles. The van der Waals surface area contributed by atoms with Gasteiger partial charge in [0, 0.05) is 22.7 Å². The van der Waals surface area contributed by atoms with Crippen molar-refractivity contribution in [3.63, 3.8) is 0 Å². The molecule has 2 aromatic carbocycles. The molecular formula is C21H17ClN2O2. The third-order valence-electron chi connectivity index (χ3n) is 4.47. The Labute approximate surface area is 156 Å². The molecule has 26 heavy (non-hydrogen) atoms. The number of rotatable bonds is 4. The first-order valence-corrected chi connectivity index (χ1v) is 8.78. The highest BCUT2D eigenvalue weighted by Crippen LogP contribution is 2.29. The number of amides is 1. The van der Waals surface area contributed by atoms with Gasteiger partial charge < -0.3 is 4.42 Å². The van der Waals surface area contributed by atoms with Gasteiger partial charge in [0.1, 0.15) is 11.5 Å². The number of hydrazone groups is 1. The molecule has 1 aliphatic heterocycles. The summed E-state index contributed by atoms with van der Waals surface area (Å²) in [6, 6.07) is 20.8. The number of carbonyl (C=O) groups is 1. The molecule has 1 amide bonds. The molecule has 0 aliphatic carbocycles. The van der Waals surface area contributed by atoms with Gasteiger partial charge in [0.25, 0.3) is 5.91 Å². The number of hydrogen-bond donors (Lipinski definition) is 0. The first-order chi connectivity index (χ1) is 12.6. The van der Waals surface area contributed by atoms with Gasteiger partial charge in [-0.3, -0.25) is 4.79 Å². The molecule has 4 nitrogen and oxygen atoms in total. The number of para-hydroxylation sites is 1. The fourth-order valence-electron chi connectivity index (χ4n) is 3.05. The van der Waals surface area contributed by atoms with E-state index in [2.05, 4.69) is 5.10 Å². The van der Waals surface area contributed by atoms with Crippen molar-refractivity contribution in [2.24, 2.45) is 11.0 Å². The number of anilines is 1. The zero-order valence-electron chi connectivity index (χ0n) is 14.2. The standard InChI is InChI=1S/C21H17ClN2O2/c1-14-19(21(25)24(23-14)17-5-3-2-4-6-17)13-18-11-12-20(26-18)15-7-9-16(22)10-8-15/h2-12,19H,13H2,1H3/t19-/m1/s1. The first kappa shape index (κ1) is 16.6. The molecule has 1 aliphatic rings. The predicted octanol–water partition coefficient (Wildman–Crippen LogP) is 5.18. The Balaban J connectivity index is 1.52. The number of halogens is 1. The van der Waals surface area contributed by atoms with Crippen LogP contribution in [-0.4, -0.2) is 11.6 Å². The summed E-state index contributed by atoms with van der Waals surface area (Å²) in [5.41, 5.74) is 2.53. The zero-order chi connectivity index (χ0) is 18.1. The van der Waals surface area contributed by atoms with Crippen molar-refractivity contribution in [3.05, 3.63) is 77.5 Å².